The van der Waals surface area contributed by atoms with E-state index in [4.69, 9.17) is 14.1 Å². The molecule has 0 amide bonds. The number of aryl methyl sites for hydroxylation is 2. The van der Waals surface area contributed by atoms with Crippen LogP contribution < -0.4 is 44.1 Å². The Morgan fingerprint density at radius 1 is 1.00 bits per heavy atom. The van der Waals surface area contributed by atoms with Crippen molar-refractivity contribution in [3.63, 3.8) is 0 Å². The van der Waals surface area contributed by atoms with Gasteiger partial charge < -0.3 is 23.8 Å². The molecule has 0 N–H and O–H groups in total. The number of benzene rings is 3. The fourth-order valence-corrected chi connectivity index (χ4v) is 4.42. The summed E-state index contributed by atoms with van der Waals surface area (Å²) in [4.78, 5) is 17.1. The number of rotatable bonds is 7. The van der Waals surface area contributed by atoms with Crippen molar-refractivity contribution in [2.24, 2.45) is 0 Å². The molecule has 0 aliphatic rings. The number of alkyl halides is 2. The van der Waals surface area contributed by atoms with E-state index in [9.17, 15) is 18.7 Å². The van der Waals surface area contributed by atoms with Crippen LogP contribution in [0.25, 0.3) is 33.3 Å². The molecule has 0 saturated carbocycles. The van der Waals surface area contributed by atoms with E-state index in [1.807, 2.05) is 38.1 Å². The van der Waals surface area contributed by atoms with Gasteiger partial charge in [-0.2, -0.15) is 8.78 Å². The summed E-state index contributed by atoms with van der Waals surface area (Å²) in [6, 6.07) is 18.5. The molecule has 0 aliphatic heterocycles. The number of hydrogen-bond acceptors (Lipinski definition) is 6. The molecule has 9 heteroatoms. The summed E-state index contributed by atoms with van der Waals surface area (Å²) < 4.78 is 41.5. The summed E-state index contributed by atoms with van der Waals surface area (Å²) in [6.45, 7) is 2.59. The third kappa shape index (κ3) is 5.25. The number of halogens is 2. The predicted octanol–water partition coefficient (Wildman–Crippen LogP) is 3.37. The summed E-state index contributed by atoms with van der Waals surface area (Å²) in [6.07, 6.45) is -0.529. The van der Waals surface area contributed by atoms with Crippen molar-refractivity contribution in [2.75, 3.05) is 0 Å². The van der Waals surface area contributed by atoms with Crippen LogP contribution in [0, 0.1) is 13.8 Å². The molecule has 0 radical (unpaired) electrons. The number of aromatic nitrogens is 1. The Morgan fingerprint density at radius 2 is 1.71 bits per heavy atom. The molecule has 6 nitrogen and oxygen atoms in total. The largest absolute Gasteiger partial charge is 1.00 e. The zero-order valence-corrected chi connectivity index (χ0v) is 23.2. The molecule has 38 heavy (non-hydrogen) atoms. The maximum atomic E-state index is 12.5. The Hall–Kier alpha value is -3.46. The van der Waals surface area contributed by atoms with E-state index < -0.39 is 18.7 Å². The summed E-state index contributed by atoms with van der Waals surface area (Å²) in [5.74, 6) is -0.556. The van der Waals surface area contributed by atoms with Crippen molar-refractivity contribution in [3.8, 4) is 23.0 Å². The Balaban J connectivity index is 0.00000336. The number of pyridine rings is 1. The van der Waals surface area contributed by atoms with Crippen LogP contribution in [0.4, 0.5) is 8.78 Å². The van der Waals surface area contributed by atoms with Gasteiger partial charge in [-0.25, -0.2) is 4.98 Å². The molecule has 0 saturated heterocycles. The van der Waals surface area contributed by atoms with Crippen LogP contribution in [0.1, 0.15) is 40.1 Å². The minimum absolute atomic E-state index is 0. The van der Waals surface area contributed by atoms with Crippen molar-refractivity contribution >= 4 is 27.8 Å². The number of nitrogens with zero attached hydrogens (tertiary/aromatic N) is 1. The van der Waals surface area contributed by atoms with E-state index >= 15 is 0 Å². The van der Waals surface area contributed by atoms with Gasteiger partial charge in [0.15, 0.2) is 5.76 Å². The Labute approximate surface area is 239 Å². The number of hydrogen-bond donors (Lipinski definition) is 0. The van der Waals surface area contributed by atoms with Gasteiger partial charge in [0.25, 0.3) is 0 Å². The first-order valence-corrected chi connectivity index (χ1v) is 11.6. The first-order chi connectivity index (χ1) is 17.7. The van der Waals surface area contributed by atoms with Gasteiger partial charge >= 0.3 is 36.2 Å². The normalized spacial score (nSPS) is 11.9. The van der Waals surface area contributed by atoms with Crippen molar-refractivity contribution < 1.29 is 62.1 Å². The molecule has 5 rings (SSSR count). The molecule has 5 aromatic rings. The van der Waals surface area contributed by atoms with E-state index in [-0.39, 0.29) is 40.9 Å². The standard InChI is InChI=1S/C29H23F2NO5.Na/c1-15-8-13-24(35-17(3)18-9-11-19(12-10-18)36-29(30)31)25-21(28(33)34)14-22(32-26(15)25)27-16(2)20-6-4-5-7-23(20)37-27;/h4-14,17,29H,1-3H3,(H,33,34);/q;+1/p-1/t17-;/m0./s1. The summed E-state index contributed by atoms with van der Waals surface area (Å²) in [5.41, 5.74) is 3.72. The van der Waals surface area contributed by atoms with Gasteiger partial charge in [0.1, 0.15) is 28.9 Å². The maximum Gasteiger partial charge on any atom is 1.00 e. The van der Waals surface area contributed by atoms with Crippen molar-refractivity contribution in [1.82, 2.24) is 4.98 Å². The summed E-state index contributed by atoms with van der Waals surface area (Å²) in [5, 5.41) is 13.5. The Kier molecular flexibility index (Phi) is 8.06. The maximum absolute atomic E-state index is 12.5. The van der Waals surface area contributed by atoms with Gasteiger partial charge in [-0.15, -0.1) is 0 Å². The van der Waals surface area contributed by atoms with Crippen LogP contribution in [0.3, 0.4) is 0 Å². The number of fused-ring (bicyclic) bond motifs is 2. The van der Waals surface area contributed by atoms with Gasteiger partial charge in [0.2, 0.25) is 0 Å². The summed E-state index contributed by atoms with van der Waals surface area (Å²) >= 11 is 0. The van der Waals surface area contributed by atoms with Crippen LogP contribution in [-0.2, 0) is 0 Å². The van der Waals surface area contributed by atoms with Gasteiger partial charge in [-0.3, -0.25) is 0 Å². The molecule has 188 valence electrons. The number of carbonyl (C=O) groups excluding carboxylic acids is 1. The quantitative estimate of drug-likeness (QED) is 0.303. The fourth-order valence-electron chi connectivity index (χ4n) is 4.42. The third-order valence-electron chi connectivity index (χ3n) is 6.30. The van der Waals surface area contributed by atoms with Crippen molar-refractivity contribution in [1.29, 1.82) is 0 Å². The number of carboxylic acid groups (broad SMARTS) is 1. The molecule has 0 fully saturated rings. The fraction of sp³-hybridized carbons (Fsp3) is 0.172. The molecule has 0 unspecified atom stereocenters. The smallest absolute Gasteiger partial charge is 0.545 e. The van der Waals surface area contributed by atoms with E-state index in [0.29, 0.717) is 39.3 Å². The van der Waals surface area contributed by atoms with Crippen molar-refractivity contribution in [2.45, 2.75) is 33.5 Å². The molecule has 0 aliphatic carbocycles. The first-order valence-electron chi connectivity index (χ1n) is 11.6. The Morgan fingerprint density at radius 3 is 2.37 bits per heavy atom. The van der Waals surface area contributed by atoms with Crippen LogP contribution in [0.15, 0.2) is 71.1 Å². The van der Waals surface area contributed by atoms with Crippen LogP contribution in [0.2, 0.25) is 0 Å². The van der Waals surface area contributed by atoms with Crippen LogP contribution in [0.5, 0.6) is 11.5 Å². The minimum Gasteiger partial charge on any atom is -0.545 e. The van der Waals surface area contributed by atoms with E-state index in [2.05, 4.69) is 4.74 Å². The van der Waals surface area contributed by atoms with Gasteiger partial charge in [0.05, 0.1) is 16.9 Å². The van der Waals surface area contributed by atoms with E-state index in [1.54, 1.807) is 31.2 Å². The van der Waals surface area contributed by atoms with E-state index in [1.165, 1.54) is 18.2 Å². The molecule has 2 aromatic heterocycles. The Bertz CT molecular complexity index is 1630. The van der Waals surface area contributed by atoms with Gasteiger partial charge in [0, 0.05) is 16.5 Å². The second kappa shape index (κ2) is 11.1. The second-order valence-corrected chi connectivity index (χ2v) is 8.71. The summed E-state index contributed by atoms with van der Waals surface area (Å²) in [7, 11) is 0. The van der Waals surface area contributed by atoms with Crippen LogP contribution >= 0.6 is 0 Å². The number of ether oxygens (including phenoxy) is 2. The molecule has 3 aromatic carbocycles. The topological polar surface area (TPSA) is 84.6 Å². The second-order valence-electron chi connectivity index (χ2n) is 8.71. The molecular formula is C29H22F2NNaO5. The number of furan rings is 1. The third-order valence-corrected chi connectivity index (χ3v) is 6.30. The van der Waals surface area contributed by atoms with Gasteiger partial charge in [-0.05, 0) is 62.2 Å². The number of aromatic carboxylic acids is 1. The number of carbonyl (C=O) groups is 1. The average Bonchev–Trinajstić information content (AvgIpc) is 3.21. The zero-order chi connectivity index (χ0) is 26.3. The molecule has 0 bridgehead atoms. The number of para-hydroxylation sites is 1. The monoisotopic (exact) mass is 525 g/mol. The first kappa shape index (κ1) is 27.6. The molecule has 1 atom stereocenters. The number of carboxylic acids is 1. The molecule has 0 spiro atoms. The minimum atomic E-state index is -2.91. The van der Waals surface area contributed by atoms with Crippen LogP contribution in [-0.4, -0.2) is 17.6 Å². The average molecular weight is 525 g/mol. The SMILES string of the molecule is Cc1c(-c2cc(C(=O)[O-])c3c(O[C@@H](C)c4ccc(OC(F)F)cc4)ccc(C)c3n2)oc2ccccc12.[Na+]. The van der Waals surface area contributed by atoms with E-state index in [0.717, 1.165) is 16.5 Å². The van der Waals surface area contributed by atoms with Crippen molar-refractivity contribution in [3.05, 3.63) is 89.0 Å². The van der Waals surface area contributed by atoms with Gasteiger partial charge in [-0.1, -0.05) is 36.4 Å². The molecular weight excluding hydrogens is 503 g/mol. The zero-order valence-electron chi connectivity index (χ0n) is 21.2. The molecule has 2 heterocycles. The predicted molar refractivity (Wildman–Crippen MR) is 133 cm³/mol.